The van der Waals surface area contributed by atoms with Crippen LogP contribution >= 0.6 is 11.8 Å². The van der Waals surface area contributed by atoms with E-state index in [0.717, 1.165) is 32.1 Å². The van der Waals surface area contributed by atoms with Crippen molar-refractivity contribution in [3.8, 4) is 0 Å². The zero-order chi connectivity index (χ0) is 14.6. The van der Waals surface area contributed by atoms with Crippen LogP contribution in [0.1, 0.15) is 38.5 Å². The number of piperidine rings is 1. The minimum Gasteiger partial charge on any atom is -0.330 e. The highest BCUT2D eigenvalue weighted by Gasteiger charge is 2.31. The number of thioether (sulfide) groups is 1. The fourth-order valence-electron chi connectivity index (χ4n) is 3.19. The van der Waals surface area contributed by atoms with Crippen LogP contribution in [0.15, 0.2) is 0 Å². The summed E-state index contributed by atoms with van der Waals surface area (Å²) < 4.78 is 29.5. The van der Waals surface area contributed by atoms with Crippen molar-refractivity contribution in [2.24, 2.45) is 11.7 Å². The standard InChI is InChI=1S/C13H27N3O2S2/c1-19-13-6-2-5-12(8-13)15-20(17,18)16-7-3-4-11(9-14)10-16/h11-13,15H,2-10,14H2,1H3. The first kappa shape index (κ1) is 16.5. The number of rotatable bonds is 5. The Labute approximate surface area is 127 Å². The molecule has 118 valence electrons. The van der Waals surface area contributed by atoms with Crippen molar-refractivity contribution in [2.75, 3.05) is 25.9 Å². The van der Waals surface area contributed by atoms with Gasteiger partial charge in [0.05, 0.1) is 0 Å². The summed E-state index contributed by atoms with van der Waals surface area (Å²) in [6.07, 6.45) is 8.31. The molecule has 0 aromatic carbocycles. The molecule has 20 heavy (non-hydrogen) atoms. The number of nitrogens with two attached hydrogens (primary N) is 1. The zero-order valence-electron chi connectivity index (χ0n) is 12.3. The molecule has 3 unspecified atom stereocenters. The van der Waals surface area contributed by atoms with Crippen LogP contribution in [-0.4, -0.2) is 49.9 Å². The maximum atomic E-state index is 12.5. The summed E-state index contributed by atoms with van der Waals surface area (Å²) in [5.41, 5.74) is 5.68. The van der Waals surface area contributed by atoms with Crippen LogP contribution in [-0.2, 0) is 10.2 Å². The number of nitrogens with one attached hydrogen (secondary N) is 1. The fraction of sp³-hybridized carbons (Fsp3) is 1.00. The van der Waals surface area contributed by atoms with Crippen LogP contribution in [0.5, 0.6) is 0 Å². The monoisotopic (exact) mass is 321 g/mol. The lowest BCUT2D eigenvalue weighted by Gasteiger charge is -2.34. The van der Waals surface area contributed by atoms with E-state index < -0.39 is 10.2 Å². The van der Waals surface area contributed by atoms with Gasteiger partial charge in [0.2, 0.25) is 0 Å². The van der Waals surface area contributed by atoms with Gasteiger partial charge in [-0.2, -0.15) is 29.2 Å². The van der Waals surface area contributed by atoms with Gasteiger partial charge >= 0.3 is 0 Å². The first-order valence-electron chi connectivity index (χ1n) is 7.55. The van der Waals surface area contributed by atoms with E-state index in [0.29, 0.717) is 30.8 Å². The van der Waals surface area contributed by atoms with Crippen molar-refractivity contribution in [1.82, 2.24) is 9.03 Å². The Kier molecular flexibility index (Phi) is 6.16. The van der Waals surface area contributed by atoms with E-state index in [-0.39, 0.29) is 6.04 Å². The van der Waals surface area contributed by atoms with Crippen LogP contribution in [0.3, 0.4) is 0 Å². The highest BCUT2D eigenvalue weighted by atomic mass is 32.2. The molecular weight excluding hydrogens is 294 g/mol. The van der Waals surface area contributed by atoms with Crippen molar-refractivity contribution in [3.05, 3.63) is 0 Å². The Hall–Kier alpha value is 0.180. The normalized spacial score (nSPS) is 33.2. The molecule has 0 aromatic heterocycles. The third kappa shape index (κ3) is 4.34. The molecule has 0 spiro atoms. The Morgan fingerprint density at radius 1 is 1.30 bits per heavy atom. The van der Waals surface area contributed by atoms with Gasteiger partial charge in [-0.1, -0.05) is 6.42 Å². The highest BCUT2D eigenvalue weighted by molar-refractivity contribution is 7.99. The molecule has 1 heterocycles. The average Bonchev–Trinajstić information content (AvgIpc) is 2.47. The van der Waals surface area contributed by atoms with E-state index in [9.17, 15) is 8.42 Å². The second-order valence-corrected chi connectivity index (χ2v) is 8.79. The number of nitrogens with zero attached hydrogens (tertiary/aromatic N) is 1. The Morgan fingerprint density at radius 2 is 2.10 bits per heavy atom. The fourth-order valence-corrected chi connectivity index (χ4v) is 5.58. The van der Waals surface area contributed by atoms with Gasteiger partial charge in [0, 0.05) is 24.4 Å². The number of hydrogen-bond donors (Lipinski definition) is 2. The molecule has 0 radical (unpaired) electrons. The molecule has 0 bridgehead atoms. The molecule has 3 atom stereocenters. The summed E-state index contributed by atoms with van der Waals surface area (Å²) >= 11 is 1.85. The molecule has 1 saturated heterocycles. The smallest absolute Gasteiger partial charge is 0.279 e. The lowest BCUT2D eigenvalue weighted by molar-refractivity contribution is 0.265. The molecule has 2 fully saturated rings. The minimum absolute atomic E-state index is 0.101. The second-order valence-electron chi connectivity index (χ2n) is 5.95. The Morgan fingerprint density at radius 3 is 2.80 bits per heavy atom. The van der Waals surface area contributed by atoms with E-state index in [1.807, 2.05) is 11.8 Å². The molecule has 3 N–H and O–H groups in total. The van der Waals surface area contributed by atoms with Gasteiger partial charge in [-0.25, -0.2) is 0 Å². The lowest BCUT2D eigenvalue weighted by atomic mass is 9.96. The summed E-state index contributed by atoms with van der Waals surface area (Å²) in [6, 6.07) is 0.101. The molecule has 1 aliphatic heterocycles. The third-order valence-corrected chi connectivity index (χ3v) is 7.17. The SMILES string of the molecule is CSC1CCCC(NS(=O)(=O)N2CCCC(CN)C2)C1. The second kappa shape index (κ2) is 7.45. The molecule has 2 aliphatic rings. The Balaban J connectivity index is 1.92. The summed E-state index contributed by atoms with van der Waals surface area (Å²) in [5, 5.41) is 0.592. The molecular formula is C13H27N3O2S2. The van der Waals surface area contributed by atoms with Crippen molar-refractivity contribution in [1.29, 1.82) is 0 Å². The largest absolute Gasteiger partial charge is 0.330 e. The molecule has 0 amide bonds. The quantitative estimate of drug-likeness (QED) is 0.797. The molecule has 1 saturated carbocycles. The van der Waals surface area contributed by atoms with E-state index in [4.69, 9.17) is 5.73 Å². The van der Waals surface area contributed by atoms with Gasteiger partial charge in [-0.3, -0.25) is 0 Å². The van der Waals surface area contributed by atoms with Gasteiger partial charge < -0.3 is 5.73 Å². The highest BCUT2D eigenvalue weighted by Crippen LogP contribution is 2.28. The van der Waals surface area contributed by atoms with E-state index in [2.05, 4.69) is 11.0 Å². The van der Waals surface area contributed by atoms with Gasteiger partial charge in [-0.15, -0.1) is 0 Å². The first-order chi connectivity index (χ1) is 9.55. The van der Waals surface area contributed by atoms with Crippen molar-refractivity contribution in [2.45, 2.75) is 49.8 Å². The van der Waals surface area contributed by atoms with Crippen LogP contribution in [0.25, 0.3) is 0 Å². The minimum atomic E-state index is -3.34. The molecule has 2 rings (SSSR count). The van der Waals surface area contributed by atoms with Gasteiger partial charge in [0.15, 0.2) is 0 Å². The van der Waals surface area contributed by atoms with Gasteiger partial charge in [0.25, 0.3) is 10.2 Å². The van der Waals surface area contributed by atoms with E-state index >= 15 is 0 Å². The molecule has 5 nitrogen and oxygen atoms in total. The predicted octanol–water partition coefficient (Wildman–Crippen LogP) is 1.17. The van der Waals surface area contributed by atoms with Crippen LogP contribution in [0.2, 0.25) is 0 Å². The van der Waals surface area contributed by atoms with Crippen LogP contribution in [0.4, 0.5) is 0 Å². The first-order valence-corrected chi connectivity index (χ1v) is 10.3. The molecule has 7 heteroatoms. The van der Waals surface area contributed by atoms with Crippen LogP contribution < -0.4 is 10.5 Å². The number of hydrogen-bond acceptors (Lipinski definition) is 4. The molecule has 0 aromatic rings. The maximum Gasteiger partial charge on any atom is 0.279 e. The van der Waals surface area contributed by atoms with Gasteiger partial charge in [0.1, 0.15) is 0 Å². The van der Waals surface area contributed by atoms with Crippen molar-refractivity contribution in [3.63, 3.8) is 0 Å². The Bertz CT molecular complexity index is 402. The molecule has 1 aliphatic carbocycles. The van der Waals surface area contributed by atoms with E-state index in [1.54, 1.807) is 4.31 Å². The third-order valence-electron chi connectivity index (χ3n) is 4.43. The lowest BCUT2D eigenvalue weighted by Crippen LogP contribution is -2.50. The van der Waals surface area contributed by atoms with Crippen LogP contribution in [0, 0.1) is 5.92 Å². The average molecular weight is 322 g/mol. The summed E-state index contributed by atoms with van der Waals surface area (Å²) in [5.74, 6) is 0.311. The topological polar surface area (TPSA) is 75.4 Å². The van der Waals surface area contributed by atoms with E-state index in [1.165, 1.54) is 6.42 Å². The van der Waals surface area contributed by atoms with Crippen molar-refractivity contribution >= 4 is 22.0 Å². The maximum absolute atomic E-state index is 12.5. The summed E-state index contributed by atoms with van der Waals surface area (Å²) in [6.45, 7) is 1.78. The summed E-state index contributed by atoms with van der Waals surface area (Å²) in [4.78, 5) is 0. The van der Waals surface area contributed by atoms with Crippen molar-refractivity contribution < 1.29 is 8.42 Å². The summed E-state index contributed by atoms with van der Waals surface area (Å²) in [7, 11) is -3.34. The predicted molar refractivity (Wildman–Crippen MR) is 85.0 cm³/mol. The van der Waals surface area contributed by atoms with Gasteiger partial charge in [-0.05, 0) is 50.8 Å². The zero-order valence-corrected chi connectivity index (χ0v) is 13.9.